The molecule has 1 heterocycles. The molecule has 0 radical (unpaired) electrons. The molecule has 0 amide bonds. The second-order valence-electron chi connectivity index (χ2n) is 11.6. The Labute approximate surface area is 229 Å². The summed E-state index contributed by atoms with van der Waals surface area (Å²) < 4.78 is 6.58. The Balaban J connectivity index is 1.39. The van der Waals surface area contributed by atoms with E-state index in [-0.39, 0.29) is 5.41 Å². The molecule has 2 heteroatoms. The number of nitrogens with zero attached hydrogens (tertiary/aromatic N) is 1. The first-order chi connectivity index (χ1) is 19.1. The van der Waals surface area contributed by atoms with Crippen molar-refractivity contribution in [1.29, 1.82) is 0 Å². The lowest BCUT2D eigenvalue weighted by Gasteiger charge is -2.32. The van der Waals surface area contributed by atoms with Crippen LogP contribution in [0.5, 0.6) is 0 Å². The zero-order valence-electron chi connectivity index (χ0n) is 22.5. The van der Waals surface area contributed by atoms with E-state index in [1.807, 2.05) is 0 Å². The third-order valence-electron chi connectivity index (χ3n) is 8.98. The van der Waals surface area contributed by atoms with Crippen LogP contribution in [0.2, 0.25) is 0 Å². The van der Waals surface area contributed by atoms with Crippen LogP contribution in [0.4, 0.5) is 11.4 Å². The quantitative estimate of drug-likeness (QED) is 0.242. The summed E-state index contributed by atoms with van der Waals surface area (Å²) in [6.07, 6.45) is 15.7. The van der Waals surface area contributed by atoms with E-state index in [9.17, 15) is 0 Å². The number of furan rings is 1. The minimum Gasteiger partial charge on any atom is -0.455 e. The van der Waals surface area contributed by atoms with Gasteiger partial charge in [0.1, 0.15) is 11.2 Å². The summed E-state index contributed by atoms with van der Waals surface area (Å²) in [4.78, 5) is 2.50. The average molecular weight is 506 g/mol. The van der Waals surface area contributed by atoms with Crippen molar-refractivity contribution in [3.05, 3.63) is 125 Å². The molecule has 3 aliphatic carbocycles. The molecule has 0 spiro atoms. The van der Waals surface area contributed by atoms with Gasteiger partial charge in [-0.2, -0.15) is 0 Å². The van der Waals surface area contributed by atoms with Gasteiger partial charge in [-0.05, 0) is 78.3 Å². The van der Waals surface area contributed by atoms with Crippen LogP contribution >= 0.6 is 0 Å². The number of fused-ring (bicyclic) bond motifs is 8. The maximum absolute atomic E-state index is 6.58. The predicted molar refractivity (Wildman–Crippen MR) is 164 cm³/mol. The first kappa shape index (κ1) is 22.7. The Morgan fingerprint density at radius 1 is 0.795 bits per heavy atom. The summed E-state index contributed by atoms with van der Waals surface area (Å²) in [5.74, 6) is 0. The van der Waals surface area contributed by atoms with Gasteiger partial charge in [-0.15, -0.1) is 0 Å². The standard InChI is InChI=1S/C37H31NO/c1-37(2)31-21-19-26(23-30(31)35-32(37)22-20-29-28-16-8-9-18-34(28)39-36(29)35)38(25-13-4-3-5-14-25)33-17-10-12-24-11-6-7-15-27(24)33/h3-4,7-10,12-13,15-23H,5-6,11,14H2,1-2H3. The van der Waals surface area contributed by atoms with Gasteiger partial charge >= 0.3 is 0 Å². The molecule has 4 aromatic carbocycles. The highest BCUT2D eigenvalue weighted by Gasteiger charge is 2.38. The lowest BCUT2D eigenvalue weighted by atomic mass is 9.82. The minimum absolute atomic E-state index is 0.0946. The Bertz CT molecular complexity index is 1890. The van der Waals surface area contributed by atoms with Crippen LogP contribution in [0.15, 0.2) is 107 Å². The van der Waals surface area contributed by atoms with Crippen molar-refractivity contribution in [3.63, 3.8) is 0 Å². The van der Waals surface area contributed by atoms with Crippen molar-refractivity contribution in [2.75, 3.05) is 4.90 Å². The van der Waals surface area contributed by atoms with Gasteiger partial charge in [0.2, 0.25) is 0 Å². The molecule has 0 saturated heterocycles. The third kappa shape index (κ3) is 3.27. The van der Waals surface area contributed by atoms with Gasteiger partial charge in [0.05, 0.1) is 5.69 Å². The highest BCUT2D eigenvalue weighted by Crippen LogP contribution is 2.54. The van der Waals surface area contributed by atoms with Gasteiger partial charge in [-0.1, -0.05) is 86.7 Å². The highest BCUT2D eigenvalue weighted by molar-refractivity contribution is 6.12. The number of anilines is 2. The second kappa shape index (κ2) is 8.35. The number of benzene rings is 4. The van der Waals surface area contributed by atoms with E-state index in [0.717, 1.165) is 36.8 Å². The van der Waals surface area contributed by atoms with Crippen molar-refractivity contribution < 1.29 is 4.42 Å². The topological polar surface area (TPSA) is 16.4 Å². The van der Waals surface area contributed by atoms with Gasteiger partial charge in [-0.25, -0.2) is 0 Å². The van der Waals surface area contributed by atoms with Gasteiger partial charge in [0, 0.05) is 38.7 Å². The average Bonchev–Trinajstić information content (AvgIpc) is 3.46. The van der Waals surface area contributed by atoms with Crippen LogP contribution in [0.25, 0.3) is 39.1 Å². The first-order valence-corrected chi connectivity index (χ1v) is 14.2. The van der Waals surface area contributed by atoms with Crippen LogP contribution in [0, 0.1) is 0 Å². The molecule has 39 heavy (non-hydrogen) atoms. The largest absolute Gasteiger partial charge is 0.455 e. The van der Waals surface area contributed by atoms with Crippen LogP contribution in [-0.2, 0) is 11.8 Å². The molecule has 8 rings (SSSR count). The molecule has 1 aromatic heterocycles. The second-order valence-corrected chi connectivity index (χ2v) is 11.6. The molecule has 3 aliphatic rings. The van der Waals surface area contributed by atoms with Gasteiger partial charge in [-0.3, -0.25) is 0 Å². The van der Waals surface area contributed by atoms with Crippen LogP contribution in [0.3, 0.4) is 0 Å². The highest BCUT2D eigenvalue weighted by atomic mass is 16.3. The maximum Gasteiger partial charge on any atom is 0.143 e. The Morgan fingerprint density at radius 3 is 2.56 bits per heavy atom. The fourth-order valence-corrected chi connectivity index (χ4v) is 7.03. The Kier molecular flexibility index (Phi) is 4.85. The summed E-state index contributed by atoms with van der Waals surface area (Å²) >= 11 is 0. The van der Waals surface area contributed by atoms with E-state index in [1.54, 1.807) is 0 Å². The van der Waals surface area contributed by atoms with Crippen molar-refractivity contribution in [3.8, 4) is 11.1 Å². The minimum atomic E-state index is -0.0946. The third-order valence-corrected chi connectivity index (χ3v) is 8.98. The lowest BCUT2D eigenvalue weighted by Crippen LogP contribution is -2.20. The molecule has 0 saturated carbocycles. The van der Waals surface area contributed by atoms with Crippen molar-refractivity contribution >= 4 is 39.4 Å². The molecule has 0 unspecified atom stereocenters. The first-order valence-electron chi connectivity index (χ1n) is 14.2. The molecule has 0 atom stereocenters. The SMILES string of the molecule is CC1(C)c2ccc(N(C3=CC=CCC3)c3cccc4c3C=CCC4)cc2-c2c1ccc1c2oc2ccccc21. The van der Waals surface area contributed by atoms with Gasteiger partial charge in [0.25, 0.3) is 0 Å². The predicted octanol–water partition coefficient (Wildman–Crippen LogP) is 10.2. The molecule has 0 N–H and O–H groups in total. The van der Waals surface area contributed by atoms with E-state index in [4.69, 9.17) is 4.42 Å². The fourth-order valence-electron chi connectivity index (χ4n) is 7.03. The van der Waals surface area contributed by atoms with Crippen LogP contribution in [-0.4, -0.2) is 0 Å². The smallest absolute Gasteiger partial charge is 0.143 e. The monoisotopic (exact) mass is 505 g/mol. The van der Waals surface area contributed by atoms with E-state index >= 15 is 0 Å². The van der Waals surface area contributed by atoms with Crippen molar-refractivity contribution in [2.24, 2.45) is 0 Å². The number of rotatable bonds is 3. The number of hydrogen-bond acceptors (Lipinski definition) is 2. The van der Waals surface area contributed by atoms with Gasteiger partial charge in [0.15, 0.2) is 0 Å². The molecule has 0 bridgehead atoms. The Hall–Kier alpha value is -4.30. The Morgan fingerprint density at radius 2 is 1.67 bits per heavy atom. The van der Waals surface area contributed by atoms with Crippen molar-refractivity contribution in [2.45, 2.75) is 44.9 Å². The summed E-state index contributed by atoms with van der Waals surface area (Å²) in [5.41, 5.74) is 13.7. The molecule has 0 fully saturated rings. The summed E-state index contributed by atoms with van der Waals surface area (Å²) in [7, 11) is 0. The zero-order chi connectivity index (χ0) is 26.1. The maximum atomic E-state index is 6.58. The fraction of sp³-hybridized carbons (Fsp3) is 0.189. The zero-order valence-corrected chi connectivity index (χ0v) is 22.5. The number of aryl methyl sites for hydroxylation is 1. The van der Waals surface area contributed by atoms with E-state index in [1.165, 1.54) is 61.2 Å². The van der Waals surface area contributed by atoms with Crippen LogP contribution in [0.1, 0.15) is 55.4 Å². The molecule has 2 nitrogen and oxygen atoms in total. The molecular weight excluding hydrogens is 474 g/mol. The number of para-hydroxylation sites is 1. The molecule has 190 valence electrons. The molecular formula is C37H31NO. The number of allylic oxidation sites excluding steroid dienone is 5. The summed E-state index contributed by atoms with van der Waals surface area (Å²) in [6.45, 7) is 4.69. The van der Waals surface area contributed by atoms with E-state index in [0.29, 0.717) is 0 Å². The summed E-state index contributed by atoms with van der Waals surface area (Å²) in [5, 5.41) is 2.37. The van der Waals surface area contributed by atoms with Crippen molar-refractivity contribution in [1.82, 2.24) is 0 Å². The van der Waals surface area contributed by atoms with Gasteiger partial charge < -0.3 is 9.32 Å². The molecule has 5 aromatic rings. The lowest BCUT2D eigenvalue weighted by molar-refractivity contribution is 0.653. The molecule has 0 aliphatic heterocycles. The summed E-state index contributed by atoms with van der Waals surface area (Å²) in [6, 6.07) is 26.9. The normalized spacial score (nSPS) is 16.7. The van der Waals surface area contributed by atoms with E-state index in [2.05, 4.69) is 122 Å². The van der Waals surface area contributed by atoms with Crippen LogP contribution < -0.4 is 4.90 Å². The number of hydrogen-bond donors (Lipinski definition) is 0. The van der Waals surface area contributed by atoms with E-state index < -0.39 is 0 Å².